The van der Waals surface area contributed by atoms with Gasteiger partial charge in [0, 0.05) is 10.4 Å². The molecule has 0 fully saturated rings. The van der Waals surface area contributed by atoms with E-state index < -0.39 is 0 Å². The number of ether oxygens (including phenoxy) is 1. The minimum absolute atomic E-state index is 0.720. The van der Waals surface area contributed by atoms with Crippen molar-refractivity contribution in [2.24, 2.45) is 5.10 Å². The number of anilines is 1. The Balaban J connectivity index is 1.89. The van der Waals surface area contributed by atoms with Gasteiger partial charge in [-0.3, -0.25) is 5.43 Å². The summed E-state index contributed by atoms with van der Waals surface area (Å²) < 4.78 is 5.30. The van der Waals surface area contributed by atoms with Crippen molar-refractivity contribution < 1.29 is 4.74 Å². The van der Waals surface area contributed by atoms with E-state index in [-0.39, 0.29) is 0 Å². The average molecular weight is 312 g/mol. The number of para-hydroxylation sites is 1. The van der Waals surface area contributed by atoms with Crippen molar-refractivity contribution in [1.82, 2.24) is 9.97 Å². The molecule has 22 heavy (non-hydrogen) atoms. The monoisotopic (exact) mass is 312 g/mol. The van der Waals surface area contributed by atoms with Crippen LogP contribution in [0, 0.1) is 13.8 Å². The largest absolute Gasteiger partial charge is 0.496 e. The molecule has 0 saturated heterocycles. The first kappa shape index (κ1) is 14.5. The predicted octanol–water partition coefficient (Wildman–Crippen LogP) is 3.76. The van der Waals surface area contributed by atoms with Gasteiger partial charge in [0.25, 0.3) is 0 Å². The first-order valence-electron chi connectivity index (χ1n) is 6.83. The number of aromatic nitrogens is 2. The first-order chi connectivity index (χ1) is 10.7. The summed E-state index contributed by atoms with van der Waals surface area (Å²) in [5.41, 5.74) is 5.11. The van der Waals surface area contributed by atoms with Crippen LogP contribution in [0.1, 0.15) is 16.0 Å². The summed E-state index contributed by atoms with van der Waals surface area (Å²) in [6.45, 7) is 4.16. The number of fused-ring (bicyclic) bond motifs is 1. The Kier molecular flexibility index (Phi) is 4.02. The topological polar surface area (TPSA) is 59.4 Å². The van der Waals surface area contributed by atoms with Crippen LogP contribution in [0.5, 0.6) is 5.75 Å². The number of benzene rings is 1. The van der Waals surface area contributed by atoms with Crippen LogP contribution >= 0.6 is 11.3 Å². The van der Waals surface area contributed by atoms with Gasteiger partial charge in [0.1, 0.15) is 16.9 Å². The summed E-state index contributed by atoms with van der Waals surface area (Å²) in [5.74, 6) is 1.50. The van der Waals surface area contributed by atoms with E-state index in [2.05, 4.69) is 34.3 Å². The summed E-state index contributed by atoms with van der Waals surface area (Å²) in [4.78, 5) is 10.8. The molecular formula is C16H16N4OS. The summed E-state index contributed by atoms with van der Waals surface area (Å²) in [5, 5.41) is 5.31. The molecule has 112 valence electrons. The summed E-state index contributed by atoms with van der Waals surface area (Å²) in [7, 11) is 1.64. The fourth-order valence-corrected chi connectivity index (χ4v) is 3.20. The Hall–Kier alpha value is -2.47. The molecule has 2 heterocycles. The lowest BCUT2D eigenvalue weighted by molar-refractivity contribution is 0.414. The molecule has 0 aliphatic rings. The molecule has 6 heteroatoms. The Morgan fingerprint density at radius 2 is 2.05 bits per heavy atom. The molecule has 2 aromatic heterocycles. The third kappa shape index (κ3) is 2.65. The van der Waals surface area contributed by atoms with E-state index in [0.717, 1.165) is 27.3 Å². The first-order valence-corrected chi connectivity index (χ1v) is 7.65. The SMILES string of the molecule is COc1ccccc1/C=N\Nc1ncnc2sc(C)c(C)c12. The minimum Gasteiger partial charge on any atom is -0.496 e. The van der Waals surface area contributed by atoms with Gasteiger partial charge < -0.3 is 4.74 Å². The van der Waals surface area contributed by atoms with Gasteiger partial charge in [-0.15, -0.1) is 11.3 Å². The molecule has 0 amide bonds. The van der Waals surface area contributed by atoms with Gasteiger partial charge in [-0.2, -0.15) is 5.10 Å². The van der Waals surface area contributed by atoms with Crippen LogP contribution < -0.4 is 10.2 Å². The maximum atomic E-state index is 5.30. The number of aryl methyl sites for hydroxylation is 2. The summed E-state index contributed by atoms with van der Waals surface area (Å²) in [6.07, 6.45) is 3.28. The Morgan fingerprint density at radius 1 is 1.23 bits per heavy atom. The van der Waals surface area contributed by atoms with Crippen LogP contribution in [0.2, 0.25) is 0 Å². The molecule has 0 spiro atoms. The second-order valence-corrected chi connectivity index (χ2v) is 6.00. The van der Waals surface area contributed by atoms with Gasteiger partial charge in [0.15, 0.2) is 5.82 Å². The van der Waals surface area contributed by atoms with Gasteiger partial charge in [-0.05, 0) is 31.5 Å². The van der Waals surface area contributed by atoms with Gasteiger partial charge in [0.2, 0.25) is 0 Å². The third-order valence-corrected chi connectivity index (χ3v) is 4.59. The number of methoxy groups -OCH3 is 1. The van der Waals surface area contributed by atoms with Crippen molar-refractivity contribution in [2.75, 3.05) is 12.5 Å². The predicted molar refractivity (Wildman–Crippen MR) is 91.1 cm³/mol. The van der Waals surface area contributed by atoms with Crippen LogP contribution in [-0.4, -0.2) is 23.3 Å². The zero-order chi connectivity index (χ0) is 15.5. The van der Waals surface area contributed by atoms with Gasteiger partial charge >= 0.3 is 0 Å². The quantitative estimate of drug-likeness (QED) is 0.588. The van der Waals surface area contributed by atoms with Crippen LogP contribution in [0.15, 0.2) is 35.7 Å². The second-order valence-electron chi connectivity index (χ2n) is 4.80. The van der Waals surface area contributed by atoms with E-state index in [9.17, 15) is 0 Å². The second kappa shape index (κ2) is 6.11. The van der Waals surface area contributed by atoms with Crippen LogP contribution in [0.4, 0.5) is 5.82 Å². The molecule has 0 aliphatic heterocycles. The smallest absolute Gasteiger partial charge is 0.158 e. The Morgan fingerprint density at radius 3 is 2.86 bits per heavy atom. The molecule has 0 radical (unpaired) electrons. The molecule has 1 N–H and O–H groups in total. The third-order valence-electron chi connectivity index (χ3n) is 3.48. The van der Waals surface area contributed by atoms with E-state index >= 15 is 0 Å². The van der Waals surface area contributed by atoms with Gasteiger partial charge in [-0.25, -0.2) is 9.97 Å². The lowest BCUT2D eigenvalue weighted by atomic mass is 10.2. The van der Waals surface area contributed by atoms with Gasteiger partial charge in [-0.1, -0.05) is 12.1 Å². The van der Waals surface area contributed by atoms with Crippen LogP contribution in [0.25, 0.3) is 10.2 Å². The highest BCUT2D eigenvalue weighted by Gasteiger charge is 2.11. The normalized spacial score (nSPS) is 11.2. The highest BCUT2D eigenvalue weighted by Crippen LogP contribution is 2.32. The zero-order valence-electron chi connectivity index (χ0n) is 12.6. The molecular weight excluding hydrogens is 296 g/mol. The van der Waals surface area contributed by atoms with Crippen LogP contribution in [0.3, 0.4) is 0 Å². The molecule has 3 aromatic rings. The van der Waals surface area contributed by atoms with E-state index in [1.807, 2.05) is 24.3 Å². The summed E-state index contributed by atoms with van der Waals surface area (Å²) >= 11 is 1.67. The molecule has 3 rings (SSSR count). The highest BCUT2D eigenvalue weighted by molar-refractivity contribution is 7.18. The van der Waals surface area contributed by atoms with Crippen molar-refractivity contribution >= 4 is 33.6 Å². The maximum Gasteiger partial charge on any atom is 0.158 e. The highest BCUT2D eigenvalue weighted by atomic mass is 32.1. The van der Waals surface area contributed by atoms with Crippen molar-refractivity contribution in [3.63, 3.8) is 0 Å². The molecule has 5 nitrogen and oxygen atoms in total. The van der Waals surface area contributed by atoms with E-state index in [4.69, 9.17) is 4.74 Å². The Labute approximate surface area is 132 Å². The molecule has 0 aliphatic carbocycles. The van der Waals surface area contributed by atoms with Crippen molar-refractivity contribution in [3.8, 4) is 5.75 Å². The van der Waals surface area contributed by atoms with Gasteiger partial charge in [0.05, 0.1) is 18.7 Å². The number of thiophene rings is 1. The molecule has 1 aromatic carbocycles. The number of rotatable bonds is 4. The summed E-state index contributed by atoms with van der Waals surface area (Å²) in [6, 6.07) is 7.71. The molecule has 0 atom stereocenters. The van der Waals surface area contributed by atoms with E-state index in [1.54, 1.807) is 31.0 Å². The molecule has 0 unspecified atom stereocenters. The van der Waals surface area contributed by atoms with Crippen molar-refractivity contribution in [2.45, 2.75) is 13.8 Å². The van der Waals surface area contributed by atoms with Crippen molar-refractivity contribution in [3.05, 3.63) is 46.6 Å². The standard InChI is InChI=1S/C16H16N4OS/c1-10-11(2)22-16-14(10)15(17-9-18-16)20-19-8-12-6-4-5-7-13(12)21-3/h4-9H,1-3H3,(H,17,18,20)/b19-8-. The molecule has 0 bridgehead atoms. The van der Waals surface area contributed by atoms with Crippen LogP contribution in [-0.2, 0) is 0 Å². The number of nitrogens with one attached hydrogen (secondary N) is 1. The minimum atomic E-state index is 0.720. The average Bonchev–Trinajstić information content (AvgIpc) is 2.83. The number of nitrogens with zero attached hydrogens (tertiary/aromatic N) is 3. The number of hydrogen-bond donors (Lipinski definition) is 1. The zero-order valence-corrected chi connectivity index (χ0v) is 13.4. The van der Waals surface area contributed by atoms with E-state index in [1.165, 1.54) is 10.4 Å². The van der Waals surface area contributed by atoms with E-state index in [0.29, 0.717) is 0 Å². The fraction of sp³-hybridized carbons (Fsp3) is 0.188. The number of hydrogen-bond acceptors (Lipinski definition) is 6. The lowest BCUT2D eigenvalue weighted by Gasteiger charge is -2.04. The fourth-order valence-electron chi connectivity index (χ4n) is 2.20. The molecule has 0 saturated carbocycles. The lowest BCUT2D eigenvalue weighted by Crippen LogP contribution is -1.96. The Bertz CT molecular complexity index is 841. The maximum absolute atomic E-state index is 5.30. The number of hydrazone groups is 1. The van der Waals surface area contributed by atoms with Crippen molar-refractivity contribution in [1.29, 1.82) is 0 Å².